The lowest BCUT2D eigenvalue weighted by Gasteiger charge is -2.25. The topological polar surface area (TPSA) is 62.7 Å². The molecule has 0 aliphatic carbocycles. The SMILES string of the molecule is CC(C)CO[P@@](=O)(c1ccc(N(C)C)cc1)[C@@H](O)c1cccnc1. The third kappa shape index (κ3) is 4.23. The summed E-state index contributed by atoms with van der Waals surface area (Å²) in [5.41, 5.74) is 1.48. The minimum atomic E-state index is -3.49. The van der Waals surface area contributed by atoms with E-state index in [2.05, 4.69) is 4.98 Å². The summed E-state index contributed by atoms with van der Waals surface area (Å²) in [5.74, 6) is -1.03. The van der Waals surface area contributed by atoms with E-state index in [1.165, 1.54) is 6.20 Å². The summed E-state index contributed by atoms with van der Waals surface area (Å²) in [6.45, 7) is 4.27. The van der Waals surface area contributed by atoms with Crippen molar-refractivity contribution in [2.75, 3.05) is 25.6 Å². The molecule has 0 aliphatic rings. The lowest BCUT2D eigenvalue weighted by Crippen LogP contribution is -2.17. The maximum Gasteiger partial charge on any atom is 0.264 e. The van der Waals surface area contributed by atoms with Crippen molar-refractivity contribution < 1.29 is 14.2 Å². The monoisotopic (exact) mass is 348 g/mol. The van der Waals surface area contributed by atoms with E-state index in [1.807, 2.05) is 45.0 Å². The summed E-state index contributed by atoms with van der Waals surface area (Å²) >= 11 is 0. The van der Waals surface area contributed by atoms with Crippen LogP contribution < -0.4 is 10.2 Å². The van der Waals surface area contributed by atoms with Crippen molar-refractivity contribution in [1.82, 2.24) is 4.98 Å². The minimum Gasteiger partial charge on any atom is -0.378 e. The van der Waals surface area contributed by atoms with Gasteiger partial charge in [-0.05, 0) is 36.2 Å². The highest BCUT2D eigenvalue weighted by molar-refractivity contribution is 7.67. The van der Waals surface area contributed by atoms with Crippen molar-refractivity contribution in [3.8, 4) is 0 Å². The summed E-state index contributed by atoms with van der Waals surface area (Å²) in [4.78, 5) is 5.96. The Hall–Kier alpha value is -1.68. The van der Waals surface area contributed by atoms with Crippen LogP contribution in [-0.4, -0.2) is 30.8 Å². The van der Waals surface area contributed by atoms with E-state index in [9.17, 15) is 9.67 Å². The summed E-state index contributed by atoms with van der Waals surface area (Å²) in [6.07, 6.45) is 3.13. The standard InChI is InChI=1S/C18H25N2O3P/c1-14(2)13-23-24(22,18(21)15-6-5-11-19-12-15)17-9-7-16(8-10-17)20(3)4/h5-12,14,18,21H,13H2,1-4H3/t18-,24+/m1/s1. The molecule has 0 radical (unpaired) electrons. The molecule has 0 bridgehead atoms. The zero-order valence-electron chi connectivity index (χ0n) is 14.6. The Kier molecular flexibility index (Phi) is 6.16. The van der Waals surface area contributed by atoms with E-state index >= 15 is 0 Å². The van der Waals surface area contributed by atoms with Crippen LogP contribution in [0.2, 0.25) is 0 Å². The molecule has 1 aromatic heterocycles. The smallest absolute Gasteiger partial charge is 0.264 e. The van der Waals surface area contributed by atoms with Gasteiger partial charge < -0.3 is 14.5 Å². The normalized spacial score (nSPS) is 15.1. The maximum atomic E-state index is 13.6. The molecule has 130 valence electrons. The highest BCUT2D eigenvalue weighted by atomic mass is 31.2. The molecule has 2 atom stereocenters. The molecule has 0 fully saturated rings. The molecule has 6 heteroatoms. The Balaban J connectivity index is 2.41. The van der Waals surface area contributed by atoms with Crippen molar-refractivity contribution >= 4 is 18.4 Å². The molecule has 0 unspecified atom stereocenters. The van der Waals surface area contributed by atoms with Gasteiger partial charge in [0.2, 0.25) is 0 Å². The predicted octanol–water partition coefficient (Wildman–Crippen LogP) is 3.41. The van der Waals surface area contributed by atoms with Crippen LogP contribution >= 0.6 is 7.37 Å². The number of hydrogen-bond acceptors (Lipinski definition) is 5. The Morgan fingerprint density at radius 3 is 2.38 bits per heavy atom. The molecule has 0 saturated heterocycles. The molecule has 1 aromatic carbocycles. The minimum absolute atomic E-state index is 0.209. The molecule has 0 aliphatic heterocycles. The predicted molar refractivity (Wildman–Crippen MR) is 98.0 cm³/mol. The molecular formula is C18H25N2O3P. The zero-order valence-corrected chi connectivity index (χ0v) is 15.5. The van der Waals surface area contributed by atoms with Crippen molar-refractivity contribution in [3.05, 3.63) is 54.4 Å². The average molecular weight is 348 g/mol. The molecule has 0 saturated carbocycles. The quantitative estimate of drug-likeness (QED) is 0.777. The molecule has 24 heavy (non-hydrogen) atoms. The summed E-state index contributed by atoms with van der Waals surface area (Å²) in [5, 5.41) is 11.3. The van der Waals surface area contributed by atoms with Gasteiger partial charge in [-0.1, -0.05) is 19.9 Å². The van der Waals surface area contributed by atoms with Crippen LogP contribution in [0.4, 0.5) is 5.69 Å². The second-order valence-corrected chi connectivity index (χ2v) is 8.82. The van der Waals surface area contributed by atoms with Crippen molar-refractivity contribution in [2.24, 2.45) is 5.92 Å². The van der Waals surface area contributed by atoms with E-state index in [0.29, 0.717) is 17.5 Å². The third-order valence-corrected chi connectivity index (χ3v) is 6.12. The molecule has 0 amide bonds. The van der Waals surface area contributed by atoms with E-state index in [4.69, 9.17) is 4.52 Å². The number of nitrogens with zero attached hydrogens (tertiary/aromatic N) is 2. The van der Waals surface area contributed by atoms with Gasteiger partial charge in [-0.2, -0.15) is 0 Å². The van der Waals surface area contributed by atoms with Crippen LogP contribution in [0.1, 0.15) is 25.3 Å². The number of benzene rings is 1. The van der Waals surface area contributed by atoms with Gasteiger partial charge >= 0.3 is 0 Å². The fourth-order valence-corrected chi connectivity index (χ4v) is 4.43. The Morgan fingerprint density at radius 2 is 1.88 bits per heavy atom. The van der Waals surface area contributed by atoms with Crippen LogP contribution in [0.3, 0.4) is 0 Å². The van der Waals surface area contributed by atoms with Crippen LogP contribution in [0.25, 0.3) is 0 Å². The van der Waals surface area contributed by atoms with Gasteiger partial charge in [0, 0.05) is 43.0 Å². The highest BCUT2D eigenvalue weighted by Gasteiger charge is 2.36. The van der Waals surface area contributed by atoms with Gasteiger partial charge in [0.05, 0.1) is 6.61 Å². The second-order valence-electron chi connectivity index (χ2n) is 6.36. The van der Waals surface area contributed by atoms with Crippen molar-refractivity contribution in [2.45, 2.75) is 19.7 Å². The molecule has 2 aromatic rings. The first kappa shape index (κ1) is 18.7. The van der Waals surface area contributed by atoms with Gasteiger partial charge in [0.25, 0.3) is 7.37 Å². The molecule has 0 spiro atoms. The largest absolute Gasteiger partial charge is 0.378 e. The van der Waals surface area contributed by atoms with Gasteiger partial charge in [-0.3, -0.25) is 9.55 Å². The summed E-state index contributed by atoms with van der Waals surface area (Å²) in [6, 6.07) is 10.7. The van der Waals surface area contributed by atoms with E-state index in [0.717, 1.165) is 5.69 Å². The number of aromatic nitrogens is 1. The van der Waals surface area contributed by atoms with Gasteiger partial charge in [-0.25, -0.2) is 0 Å². The first-order valence-corrected chi connectivity index (χ1v) is 9.64. The lowest BCUT2D eigenvalue weighted by molar-refractivity contribution is 0.202. The number of rotatable bonds is 7. The first-order valence-electron chi connectivity index (χ1n) is 7.95. The van der Waals surface area contributed by atoms with Gasteiger partial charge in [-0.15, -0.1) is 0 Å². The summed E-state index contributed by atoms with van der Waals surface area (Å²) < 4.78 is 19.3. The first-order chi connectivity index (χ1) is 11.3. The fourth-order valence-electron chi connectivity index (χ4n) is 2.23. The van der Waals surface area contributed by atoms with Crippen molar-refractivity contribution in [3.63, 3.8) is 0 Å². The Morgan fingerprint density at radius 1 is 1.21 bits per heavy atom. The zero-order chi connectivity index (χ0) is 17.7. The Labute approximate surface area is 143 Å². The van der Waals surface area contributed by atoms with E-state index in [1.54, 1.807) is 30.5 Å². The van der Waals surface area contributed by atoms with Crippen molar-refractivity contribution in [1.29, 1.82) is 0 Å². The molecule has 1 N–H and O–H groups in total. The van der Waals surface area contributed by atoms with Crippen LogP contribution in [0, 0.1) is 5.92 Å². The summed E-state index contributed by atoms with van der Waals surface area (Å²) in [7, 11) is 0.386. The van der Waals surface area contributed by atoms with Crippen LogP contribution in [-0.2, 0) is 9.09 Å². The van der Waals surface area contributed by atoms with E-state index < -0.39 is 13.2 Å². The number of pyridine rings is 1. The van der Waals surface area contributed by atoms with Gasteiger partial charge in [0.15, 0.2) is 5.85 Å². The Bertz CT molecular complexity index is 687. The fraction of sp³-hybridized carbons (Fsp3) is 0.389. The second kappa shape index (κ2) is 7.93. The molecule has 1 heterocycles. The molecular weight excluding hydrogens is 323 g/mol. The average Bonchev–Trinajstić information content (AvgIpc) is 2.59. The van der Waals surface area contributed by atoms with Crippen LogP contribution in [0.5, 0.6) is 0 Å². The third-order valence-electron chi connectivity index (χ3n) is 3.63. The number of aliphatic hydroxyl groups excluding tert-OH is 1. The number of aliphatic hydroxyl groups is 1. The van der Waals surface area contributed by atoms with Crippen LogP contribution in [0.15, 0.2) is 48.8 Å². The number of anilines is 1. The highest BCUT2D eigenvalue weighted by Crippen LogP contribution is 2.57. The number of hydrogen-bond donors (Lipinski definition) is 1. The molecule has 2 rings (SSSR count). The maximum absolute atomic E-state index is 13.6. The molecule has 5 nitrogen and oxygen atoms in total. The lowest BCUT2D eigenvalue weighted by atomic mass is 10.2. The van der Waals surface area contributed by atoms with Gasteiger partial charge in [0.1, 0.15) is 0 Å². The van der Waals surface area contributed by atoms with E-state index in [-0.39, 0.29) is 5.92 Å².